The third-order valence-corrected chi connectivity index (χ3v) is 2.61. The van der Waals surface area contributed by atoms with Crippen LogP contribution in [-0.4, -0.2) is 23.0 Å². The summed E-state index contributed by atoms with van der Waals surface area (Å²) in [5.74, 6) is -0.593. The van der Waals surface area contributed by atoms with E-state index in [1.165, 1.54) is 6.20 Å². The van der Waals surface area contributed by atoms with E-state index < -0.39 is 5.95 Å². The fourth-order valence-electron chi connectivity index (χ4n) is 1.57. The molecule has 0 spiro atoms. The van der Waals surface area contributed by atoms with Crippen molar-refractivity contribution in [1.29, 1.82) is 0 Å². The van der Waals surface area contributed by atoms with Gasteiger partial charge >= 0.3 is 0 Å². The van der Waals surface area contributed by atoms with Crippen molar-refractivity contribution < 1.29 is 4.39 Å². The van der Waals surface area contributed by atoms with Crippen LogP contribution >= 0.6 is 0 Å². The van der Waals surface area contributed by atoms with Gasteiger partial charge < -0.3 is 0 Å². The Labute approximate surface area is 94.5 Å². The van der Waals surface area contributed by atoms with Crippen LogP contribution in [0.4, 0.5) is 4.39 Å². The Morgan fingerprint density at radius 1 is 1.44 bits per heavy atom. The average molecular weight is 225 g/mol. The Morgan fingerprint density at radius 2 is 2.12 bits per heavy atom. The lowest BCUT2D eigenvalue weighted by Crippen LogP contribution is -2.23. The zero-order chi connectivity index (χ0) is 12.0. The van der Waals surface area contributed by atoms with Crippen molar-refractivity contribution in [2.75, 3.05) is 13.1 Å². The molecule has 0 fully saturated rings. The van der Waals surface area contributed by atoms with Gasteiger partial charge in [-0.2, -0.15) is 9.30 Å². The zero-order valence-corrected chi connectivity index (χ0v) is 9.61. The first-order valence-electron chi connectivity index (χ1n) is 5.36. The Bertz CT molecular complexity index is 353. The summed E-state index contributed by atoms with van der Waals surface area (Å²) >= 11 is 0. The van der Waals surface area contributed by atoms with Gasteiger partial charge in [-0.3, -0.25) is 4.90 Å². The number of hydrogen-bond acceptors (Lipinski definition) is 4. The number of nitrogens with zero attached hydrogens (tertiary/aromatic N) is 3. The van der Waals surface area contributed by atoms with E-state index in [0.717, 1.165) is 18.7 Å². The van der Waals surface area contributed by atoms with Crippen LogP contribution in [0.5, 0.6) is 0 Å². The van der Waals surface area contributed by atoms with Gasteiger partial charge in [-0.05, 0) is 24.7 Å². The molecule has 0 aliphatic carbocycles. The smallest absolute Gasteiger partial charge is 0.218 e. The molecule has 1 rings (SSSR count). The minimum absolute atomic E-state index is 0.156. The van der Waals surface area contributed by atoms with Crippen LogP contribution in [0, 0.1) is 10.9 Å². The SMILES string of the molecule is CCN(CC)Cc1ccnc(F)c1CN=O. The van der Waals surface area contributed by atoms with Gasteiger partial charge in [0.15, 0.2) is 0 Å². The van der Waals surface area contributed by atoms with E-state index in [2.05, 4.69) is 15.1 Å². The van der Waals surface area contributed by atoms with E-state index in [4.69, 9.17) is 0 Å². The molecule has 5 heteroatoms. The summed E-state index contributed by atoms with van der Waals surface area (Å²) in [5.41, 5.74) is 1.10. The first-order valence-corrected chi connectivity index (χ1v) is 5.36. The minimum atomic E-state index is -0.593. The molecule has 0 aliphatic heterocycles. The Kier molecular flexibility index (Phi) is 4.98. The molecule has 0 aliphatic rings. The number of hydrogen-bond donors (Lipinski definition) is 0. The molecule has 0 atom stereocenters. The molecule has 16 heavy (non-hydrogen) atoms. The lowest BCUT2D eigenvalue weighted by molar-refractivity contribution is 0.294. The number of aromatic nitrogens is 1. The van der Waals surface area contributed by atoms with E-state index in [9.17, 15) is 9.30 Å². The van der Waals surface area contributed by atoms with Crippen molar-refractivity contribution in [3.63, 3.8) is 0 Å². The molecule has 0 radical (unpaired) electrons. The van der Waals surface area contributed by atoms with E-state index in [0.29, 0.717) is 12.1 Å². The fraction of sp³-hybridized carbons (Fsp3) is 0.545. The predicted molar refractivity (Wildman–Crippen MR) is 60.3 cm³/mol. The topological polar surface area (TPSA) is 45.6 Å². The van der Waals surface area contributed by atoms with E-state index >= 15 is 0 Å². The molecule has 1 aromatic rings. The highest BCUT2D eigenvalue weighted by Gasteiger charge is 2.11. The first kappa shape index (κ1) is 12.7. The molecular weight excluding hydrogens is 209 g/mol. The molecule has 1 heterocycles. The van der Waals surface area contributed by atoms with Gasteiger partial charge in [0.1, 0.15) is 6.54 Å². The van der Waals surface area contributed by atoms with Gasteiger partial charge in [-0.15, -0.1) is 0 Å². The molecule has 4 nitrogen and oxygen atoms in total. The lowest BCUT2D eigenvalue weighted by Gasteiger charge is -2.19. The monoisotopic (exact) mass is 225 g/mol. The molecule has 0 aromatic carbocycles. The minimum Gasteiger partial charge on any atom is -0.300 e. The molecule has 88 valence electrons. The van der Waals surface area contributed by atoms with Crippen LogP contribution in [-0.2, 0) is 13.1 Å². The Hall–Kier alpha value is -1.36. The van der Waals surface area contributed by atoms with Gasteiger partial charge in [-0.25, -0.2) is 4.98 Å². The van der Waals surface area contributed by atoms with E-state index in [-0.39, 0.29) is 6.54 Å². The highest BCUT2D eigenvalue weighted by atomic mass is 19.1. The number of rotatable bonds is 6. The average Bonchev–Trinajstić information content (AvgIpc) is 2.30. The Morgan fingerprint density at radius 3 is 2.69 bits per heavy atom. The molecular formula is C11H16FN3O. The van der Waals surface area contributed by atoms with E-state index in [1.54, 1.807) is 6.07 Å². The Balaban J connectivity index is 2.93. The van der Waals surface area contributed by atoms with Crippen molar-refractivity contribution in [1.82, 2.24) is 9.88 Å². The second-order valence-electron chi connectivity index (χ2n) is 3.49. The van der Waals surface area contributed by atoms with Crippen LogP contribution in [0.25, 0.3) is 0 Å². The quantitative estimate of drug-likeness (QED) is 0.551. The normalized spacial score (nSPS) is 10.8. The standard InChI is InChI=1S/C11H16FN3O/c1-3-15(4-2)8-9-5-6-13-11(12)10(9)7-14-16/h5-6H,3-4,7-8H2,1-2H3. The molecule has 0 bridgehead atoms. The fourth-order valence-corrected chi connectivity index (χ4v) is 1.57. The maximum atomic E-state index is 13.4. The predicted octanol–water partition coefficient (Wildman–Crippen LogP) is 2.33. The summed E-state index contributed by atoms with van der Waals surface area (Å²) in [4.78, 5) is 15.9. The van der Waals surface area contributed by atoms with Gasteiger partial charge in [0.2, 0.25) is 5.95 Å². The highest BCUT2D eigenvalue weighted by Crippen LogP contribution is 2.14. The van der Waals surface area contributed by atoms with Crippen LogP contribution in [0.3, 0.4) is 0 Å². The number of nitroso groups, excluding NO2 is 1. The summed E-state index contributed by atoms with van der Waals surface area (Å²) in [6, 6.07) is 1.74. The molecule has 0 unspecified atom stereocenters. The van der Waals surface area contributed by atoms with Gasteiger partial charge in [0.25, 0.3) is 0 Å². The number of pyridine rings is 1. The van der Waals surface area contributed by atoms with Crippen LogP contribution < -0.4 is 0 Å². The largest absolute Gasteiger partial charge is 0.300 e. The van der Waals surface area contributed by atoms with Gasteiger partial charge in [0.05, 0.1) is 0 Å². The van der Waals surface area contributed by atoms with Crippen molar-refractivity contribution >= 4 is 0 Å². The lowest BCUT2D eigenvalue weighted by atomic mass is 10.1. The van der Waals surface area contributed by atoms with Crippen molar-refractivity contribution in [3.05, 3.63) is 34.2 Å². The summed E-state index contributed by atoms with van der Waals surface area (Å²) < 4.78 is 13.4. The summed E-state index contributed by atoms with van der Waals surface area (Å²) in [5, 5.41) is 2.74. The molecule has 0 N–H and O–H groups in total. The second-order valence-corrected chi connectivity index (χ2v) is 3.49. The van der Waals surface area contributed by atoms with Crippen LogP contribution in [0.1, 0.15) is 25.0 Å². The summed E-state index contributed by atoms with van der Waals surface area (Å²) in [7, 11) is 0. The maximum absolute atomic E-state index is 13.4. The van der Waals surface area contributed by atoms with Crippen molar-refractivity contribution in [2.45, 2.75) is 26.9 Å². The van der Waals surface area contributed by atoms with E-state index in [1.807, 2.05) is 13.8 Å². The summed E-state index contributed by atoms with van der Waals surface area (Å²) in [6.45, 7) is 6.31. The highest BCUT2D eigenvalue weighted by molar-refractivity contribution is 5.24. The second kappa shape index (κ2) is 6.27. The third-order valence-electron chi connectivity index (χ3n) is 2.61. The third kappa shape index (κ3) is 3.06. The molecule has 0 saturated carbocycles. The zero-order valence-electron chi connectivity index (χ0n) is 9.61. The molecule has 0 saturated heterocycles. The summed E-state index contributed by atoms with van der Waals surface area (Å²) in [6.07, 6.45) is 1.42. The van der Waals surface area contributed by atoms with Crippen LogP contribution in [0.15, 0.2) is 17.4 Å². The number of halogens is 1. The van der Waals surface area contributed by atoms with Gasteiger partial charge in [0, 0.05) is 18.3 Å². The van der Waals surface area contributed by atoms with Crippen molar-refractivity contribution in [2.24, 2.45) is 5.18 Å². The van der Waals surface area contributed by atoms with Crippen molar-refractivity contribution in [3.8, 4) is 0 Å². The maximum Gasteiger partial charge on any atom is 0.218 e. The van der Waals surface area contributed by atoms with Crippen LogP contribution in [0.2, 0.25) is 0 Å². The molecule has 0 amide bonds. The van der Waals surface area contributed by atoms with Gasteiger partial charge in [-0.1, -0.05) is 19.0 Å². The molecule has 1 aromatic heterocycles. The first-order chi connectivity index (χ1) is 7.72.